The van der Waals surface area contributed by atoms with Crippen molar-refractivity contribution < 1.29 is 8.78 Å². The van der Waals surface area contributed by atoms with Crippen LogP contribution >= 0.6 is 0 Å². The summed E-state index contributed by atoms with van der Waals surface area (Å²) in [7, 11) is 0. The molecule has 1 aliphatic heterocycles. The maximum atomic E-state index is 13.3. The highest BCUT2D eigenvalue weighted by atomic mass is 19.1. The van der Waals surface area contributed by atoms with E-state index in [9.17, 15) is 8.78 Å². The molecule has 0 N–H and O–H groups in total. The van der Waals surface area contributed by atoms with Crippen LogP contribution in [-0.4, -0.2) is 11.8 Å². The molecule has 1 nitrogen and oxygen atoms in total. The van der Waals surface area contributed by atoms with Gasteiger partial charge in [0.2, 0.25) is 0 Å². The average molecular weight is 195 g/mol. The molecule has 0 fully saturated rings. The van der Waals surface area contributed by atoms with Crippen LogP contribution in [0.3, 0.4) is 0 Å². The topological polar surface area (TPSA) is 12.4 Å². The third-order valence-corrected chi connectivity index (χ3v) is 2.42. The molecule has 1 aliphatic rings. The second kappa shape index (κ2) is 3.48. The molecule has 0 saturated heterocycles. The van der Waals surface area contributed by atoms with Crippen LogP contribution in [0.4, 0.5) is 8.78 Å². The quantitative estimate of drug-likeness (QED) is 0.653. The first-order valence-corrected chi connectivity index (χ1v) is 4.69. The van der Waals surface area contributed by atoms with Crippen LogP contribution in [0.2, 0.25) is 0 Å². The minimum Gasteiger partial charge on any atom is -0.286 e. The molecule has 14 heavy (non-hydrogen) atoms. The van der Waals surface area contributed by atoms with Gasteiger partial charge in [0.15, 0.2) is 0 Å². The zero-order valence-electron chi connectivity index (χ0n) is 7.93. The Morgan fingerprint density at radius 2 is 2.14 bits per heavy atom. The number of halogens is 2. The summed E-state index contributed by atoms with van der Waals surface area (Å²) in [6.45, 7) is 1.99. The minimum absolute atomic E-state index is 0.259. The van der Waals surface area contributed by atoms with Gasteiger partial charge in [0.1, 0.15) is 11.6 Å². The van der Waals surface area contributed by atoms with Crippen molar-refractivity contribution in [2.75, 3.05) is 0 Å². The minimum atomic E-state index is -0.544. The second-order valence-corrected chi connectivity index (χ2v) is 3.59. The first kappa shape index (κ1) is 9.31. The normalized spacial score (nSPS) is 21.1. The van der Waals surface area contributed by atoms with Crippen LogP contribution in [0.5, 0.6) is 0 Å². The van der Waals surface area contributed by atoms with Gasteiger partial charge in [-0.3, -0.25) is 4.99 Å². The Kier molecular flexibility index (Phi) is 2.32. The van der Waals surface area contributed by atoms with Crippen molar-refractivity contribution in [3.8, 4) is 0 Å². The highest BCUT2D eigenvalue weighted by molar-refractivity contribution is 6.01. The van der Waals surface area contributed by atoms with Gasteiger partial charge in [-0.15, -0.1) is 0 Å². The molecule has 1 aromatic carbocycles. The van der Waals surface area contributed by atoms with Gasteiger partial charge in [-0.25, -0.2) is 8.78 Å². The fourth-order valence-corrected chi connectivity index (χ4v) is 1.67. The molecule has 0 unspecified atom stereocenters. The third-order valence-electron chi connectivity index (χ3n) is 2.42. The Hall–Kier alpha value is -1.25. The standard InChI is InChI=1S/C11H11F2N/c1-7-2-5-11(14-7)9-4-3-8(12)6-10(9)13/h3-4,6-7H,2,5H2,1H3/t7-/m0/s1. The molecule has 1 atom stereocenters. The molecule has 0 aliphatic carbocycles. The largest absolute Gasteiger partial charge is 0.286 e. The molecule has 1 aromatic rings. The zero-order valence-corrected chi connectivity index (χ0v) is 7.93. The summed E-state index contributed by atoms with van der Waals surface area (Å²) in [6, 6.07) is 3.89. The number of nitrogens with zero attached hydrogens (tertiary/aromatic N) is 1. The lowest BCUT2D eigenvalue weighted by atomic mass is 10.1. The van der Waals surface area contributed by atoms with Gasteiger partial charge in [-0.2, -0.15) is 0 Å². The Bertz CT molecular complexity index is 385. The molecule has 0 amide bonds. The number of benzene rings is 1. The van der Waals surface area contributed by atoms with Gasteiger partial charge in [-0.05, 0) is 31.9 Å². The van der Waals surface area contributed by atoms with Crippen LogP contribution in [0.25, 0.3) is 0 Å². The molecular formula is C11H11F2N. The number of rotatable bonds is 1. The van der Waals surface area contributed by atoms with Gasteiger partial charge >= 0.3 is 0 Å². The van der Waals surface area contributed by atoms with Gasteiger partial charge in [0, 0.05) is 23.4 Å². The van der Waals surface area contributed by atoms with Gasteiger partial charge in [0.25, 0.3) is 0 Å². The van der Waals surface area contributed by atoms with Crippen molar-refractivity contribution in [2.24, 2.45) is 4.99 Å². The summed E-state index contributed by atoms with van der Waals surface area (Å²) < 4.78 is 25.9. The zero-order chi connectivity index (χ0) is 10.1. The van der Waals surface area contributed by atoms with E-state index in [-0.39, 0.29) is 6.04 Å². The average Bonchev–Trinajstić information content (AvgIpc) is 2.51. The van der Waals surface area contributed by atoms with E-state index in [0.717, 1.165) is 24.6 Å². The third kappa shape index (κ3) is 1.67. The summed E-state index contributed by atoms with van der Waals surface area (Å²) in [5.41, 5.74) is 1.20. The fraction of sp³-hybridized carbons (Fsp3) is 0.364. The lowest BCUT2D eigenvalue weighted by Gasteiger charge is -2.01. The summed E-state index contributed by atoms with van der Waals surface area (Å²) >= 11 is 0. The van der Waals surface area contributed by atoms with Crippen molar-refractivity contribution in [1.82, 2.24) is 0 Å². The van der Waals surface area contributed by atoms with Crippen molar-refractivity contribution >= 4 is 5.71 Å². The molecule has 0 aromatic heterocycles. The van der Waals surface area contributed by atoms with E-state index in [4.69, 9.17) is 0 Å². The molecule has 0 saturated carbocycles. The lowest BCUT2D eigenvalue weighted by Crippen LogP contribution is -2.00. The van der Waals surface area contributed by atoms with E-state index in [1.54, 1.807) is 0 Å². The Balaban J connectivity index is 2.37. The fourth-order valence-electron chi connectivity index (χ4n) is 1.67. The van der Waals surface area contributed by atoms with Gasteiger partial charge in [0.05, 0.1) is 0 Å². The van der Waals surface area contributed by atoms with Crippen molar-refractivity contribution in [3.05, 3.63) is 35.4 Å². The molecule has 2 rings (SSSR count). The summed E-state index contributed by atoms with van der Waals surface area (Å²) in [6.07, 6.45) is 1.73. The molecule has 0 spiro atoms. The van der Waals surface area contributed by atoms with Crippen LogP contribution < -0.4 is 0 Å². The van der Waals surface area contributed by atoms with E-state index >= 15 is 0 Å². The van der Waals surface area contributed by atoms with E-state index in [0.29, 0.717) is 5.56 Å². The Morgan fingerprint density at radius 3 is 2.71 bits per heavy atom. The molecule has 3 heteroatoms. The Morgan fingerprint density at radius 1 is 1.36 bits per heavy atom. The predicted octanol–water partition coefficient (Wildman–Crippen LogP) is 2.94. The van der Waals surface area contributed by atoms with Gasteiger partial charge in [-0.1, -0.05) is 0 Å². The number of hydrogen-bond donors (Lipinski definition) is 0. The smallest absolute Gasteiger partial charge is 0.135 e. The number of hydrogen-bond acceptors (Lipinski definition) is 1. The molecular weight excluding hydrogens is 184 g/mol. The highest BCUT2D eigenvalue weighted by Gasteiger charge is 2.17. The first-order chi connectivity index (χ1) is 6.66. The molecule has 0 radical (unpaired) electrons. The number of aliphatic imine (C=N–C) groups is 1. The van der Waals surface area contributed by atoms with Crippen LogP contribution in [-0.2, 0) is 0 Å². The maximum Gasteiger partial charge on any atom is 0.135 e. The SMILES string of the molecule is C[C@H]1CCC(c2ccc(F)cc2F)=N1. The van der Waals surface area contributed by atoms with E-state index in [2.05, 4.69) is 4.99 Å². The summed E-state index contributed by atoms with van der Waals surface area (Å²) in [5.74, 6) is -1.06. The summed E-state index contributed by atoms with van der Waals surface area (Å²) in [4.78, 5) is 4.30. The predicted molar refractivity (Wildman–Crippen MR) is 51.6 cm³/mol. The maximum absolute atomic E-state index is 13.3. The molecule has 74 valence electrons. The van der Waals surface area contributed by atoms with Crippen molar-refractivity contribution in [1.29, 1.82) is 0 Å². The van der Waals surface area contributed by atoms with E-state index in [1.807, 2.05) is 6.92 Å². The first-order valence-electron chi connectivity index (χ1n) is 4.69. The highest BCUT2D eigenvalue weighted by Crippen LogP contribution is 2.20. The molecule has 0 bridgehead atoms. The Labute approximate surface area is 81.5 Å². The van der Waals surface area contributed by atoms with Crippen LogP contribution in [0.1, 0.15) is 25.3 Å². The van der Waals surface area contributed by atoms with Gasteiger partial charge < -0.3 is 0 Å². The summed E-state index contributed by atoms with van der Waals surface area (Å²) in [5, 5.41) is 0. The van der Waals surface area contributed by atoms with Crippen LogP contribution in [0, 0.1) is 11.6 Å². The van der Waals surface area contributed by atoms with Crippen molar-refractivity contribution in [2.45, 2.75) is 25.8 Å². The lowest BCUT2D eigenvalue weighted by molar-refractivity contribution is 0.581. The van der Waals surface area contributed by atoms with E-state index in [1.165, 1.54) is 12.1 Å². The molecule has 1 heterocycles. The second-order valence-electron chi connectivity index (χ2n) is 3.59. The monoisotopic (exact) mass is 195 g/mol. The van der Waals surface area contributed by atoms with E-state index < -0.39 is 11.6 Å². The van der Waals surface area contributed by atoms with Crippen molar-refractivity contribution in [3.63, 3.8) is 0 Å². The van der Waals surface area contributed by atoms with Crippen LogP contribution in [0.15, 0.2) is 23.2 Å².